The molecule has 112 valence electrons. The molecule has 0 spiro atoms. The Hall–Kier alpha value is -1.79. The van der Waals surface area contributed by atoms with Crippen LogP contribution in [0.3, 0.4) is 0 Å². The third-order valence-corrected chi connectivity index (χ3v) is 4.19. The number of amides is 1. The molecule has 1 aliphatic rings. The summed E-state index contributed by atoms with van der Waals surface area (Å²) in [6, 6.07) is 13.3. The first-order chi connectivity index (χ1) is 10.2. The third-order valence-electron chi connectivity index (χ3n) is 4.19. The highest BCUT2D eigenvalue weighted by molar-refractivity contribution is 5.78. The average molecular weight is 284 g/mol. The lowest BCUT2D eigenvalue weighted by atomic mass is 10.0. The Kier molecular flexibility index (Phi) is 5.83. The highest BCUT2D eigenvalue weighted by Gasteiger charge is 2.26. The second kappa shape index (κ2) is 7.85. The van der Waals surface area contributed by atoms with Gasteiger partial charge in [-0.2, -0.15) is 0 Å². The van der Waals surface area contributed by atoms with Gasteiger partial charge in [0.2, 0.25) is 5.91 Å². The average Bonchev–Trinajstić information content (AvgIpc) is 2.55. The van der Waals surface area contributed by atoms with Crippen LogP contribution in [-0.2, 0) is 11.2 Å². The van der Waals surface area contributed by atoms with E-state index >= 15 is 0 Å². The van der Waals surface area contributed by atoms with E-state index in [4.69, 9.17) is 6.42 Å². The summed E-state index contributed by atoms with van der Waals surface area (Å²) in [5.41, 5.74) is 1.38. The van der Waals surface area contributed by atoms with Crippen LogP contribution < -0.4 is 0 Å². The van der Waals surface area contributed by atoms with Crippen molar-refractivity contribution < 1.29 is 4.79 Å². The fourth-order valence-electron chi connectivity index (χ4n) is 2.88. The summed E-state index contributed by atoms with van der Waals surface area (Å²) in [7, 11) is 0. The van der Waals surface area contributed by atoms with Crippen molar-refractivity contribution in [3.8, 4) is 12.5 Å². The van der Waals surface area contributed by atoms with Crippen LogP contribution in [0.1, 0.15) is 31.7 Å². The Morgan fingerprint density at radius 1 is 1.33 bits per heavy atom. The van der Waals surface area contributed by atoms with Crippen molar-refractivity contribution in [2.24, 2.45) is 0 Å². The van der Waals surface area contributed by atoms with Gasteiger partial charge in [0.1, 0.15) is 0 Å². The lowest BCUT2D eigenvalue weighted by Gasteiger charge is -2.35. The zero-order valence-electron chi connectivity index (χ0n) is 12.8. The molecular formula is C18H24N2O. The fraction of sp³-hybridized carbons (Fsp3) is 0.500. The highest BCUT2D eigenvalue weighted by Crippen LogP contribution is 2.17. The molecule has 0 unspecified atom stereocenters. The van der Waals surface area contributed by atoms with E-state index in [0.717, 1.165) is 38.9 Å². The molecule has 1 heterocycles. The first-order valence-corrected chi connectivity index (χ1v) is 7.79. The van der Waals surface area contributed by atoms with E-state index in [1.54, 1.807) is 4.90 Å². The molecule has 0 atom stereocenters. The van der Waals surface area contributed by atoms with Crippen molar-refractivity contribution in [3.05, 3.63) is 35.9 Å². The van der Waals surface area contributed by atoms with Crippen LogP contribution in [0.2, 0.25) is 0 Å². The van der Waals surface area contributed by atoms with Crippen molar-refractivity contribution in [3.63, 3.8) is 0 Å². The number of piperidine rings is 1. The van der Waals surface area contributed by atoms with Gasteiger partial charge in [-0.05, 0) is 24.8 Å². The predicted molar refractivity (Wildman–Crippen MR) is 85.6 cm³/mol. The van der Waals surface area contributed by atoms with Crippen molar-refractivity contribution in [2.75, 3.05) is 19.6 Å². The van der Waals surface area contributed by atoms with Gasteiger partial charge < -0.3 is 4.90 Å². The Labute approximate surface area is 127 Å². The molecule has 0 aromatic heterocycles. The monoisotopic (exact) mass is 284 g/mol. The highest BCUT2D eigenvalue weighted by atomic mass is 16.2. The van der Waals surface area contributed by atoms with Crippen LogP contribution in [0.15, 0.2) is 30.3 Å². The van der Waals surface area contributed by atoms with Gasteiger partial charge in [-0.1, -0.05) is 43.7 Å². The maximum atomic E-state index is 11.8. The Morgan fingerprint density at radius 3 is 2.57 bits per heavy atom. The fourth-order valence-corrected chi connectivity index (χ4v) is 2.88. The van der Waals surface area contributed by atoms with E-state index < -0.39 is 0 Å². The number of carbonyl (C=O) groups excluding carboxylic acids is 1. The second-order valence-electron chi connectivity index (χ2n) is 5.55. The molecule has 1 saturated heterocycles. The lowest BCUT2D eigenvalue weighted by Crippen LogP contribution is -2.45. The normalized spacial score (nSPS) is 16.4. The topological polar surface area (TPSA) is 23.6 Å². The molecule has 21 heavy (non-hydrogen) atoms. The summed E-state index contributed by atoms with van der Waals surface area (Å²) in [5.74, 6) is 0.0697. The molecule has 1 aliphatic heterocycles. The molecule has 0 saturated carbocycles. The van der Waals surface area contributed by atoms with E-state index in [9.17, 15) is 4.79 Å². The number of likely N-dealkylation sites (tertiary alicyclic amines) is 1. The summed E-state index contributed by atoms with van der Waals surface area (Å²) in [5, 5.41) is 0. The zero-order valence-corrected chi connectivity index (χ0v) is 12.8. The molecule has 0 N–H and O–H groups in total. The van der Waals surface area contributed by atoms with Crippen LogP contribution in [0.25, 0.3) is 0 Å². The molecule has 1 aromatic carbocycles. The Balaban J connectivity index is 1.78. The standard InChI is InChI=1S/C18H24N2O/c1-3-18(21)20(4-2)17-11-14-19(15-12-17)13-10-16-8-6-5-7-9-16/h2,5-9,17H,3,10-15H2,1H3. The molecule has 3 heteroatoms. The first-order valence-electron chi connectivity index (χ1n) is 7.79. The van der Waals surface area contributed by atoms with Gasteiger partial charge >= 0.3 is 0 Å². The van der Waals surface area contributed by atoms with E-state index in [1.165, 1.54) is 5.56 Å². The van der Waals surface area contributed by atoms with Gasteiger partial charge in [-0.25, -0.2) is 0 Å². The minimum absolute atomic E-state index is 0.0697. The van der Waals surface area contributed by atoms with Crippen LogP contribution in [0.4, 0.5) is 0 Å². The maximum Gasteiger partial charge on any atom is 0.234 e. The summed E-state index contributed by atoms with van der Waals surface area (Å²) in [6.45, 7) is 4.98. The molecule has 3 nitrogen and oxygen atoms in total. The molecule has 1 fully saturated rings. The number of hydrogen-bond donors (Lipinski definition) is 0. The summed E-state index contributed by atoms with van der Waals surface area (Å²) in [6.07, 6.45) is 9.01. The zero-order chi connectivity index (χ0) is 15.1. The van der Waals surface area contributed by atoms with Crippen molar-refractivity contribution >= 4 is 5.91 Å². The molecule has 2 rings (SSSR count). The number of hydrogen-bond acceptors (Lipinski definition) is 2. The maximum absolute atomic E-state index is 11.8. The van der Waals surface area contributed by atoms with Crippen molar-refractivity contribution in [1.82, 2.24) is 9.80 Å². The number of rotatable bonds is 5. The van der Waals surface area contributed by atoms with E-state index in [2.05, 4.69) is 35.2 Å². The third kappa shape index (κ3) is 4.34. The summed E-state index contributed by atoms with van der Waals surface area (Å²) < 4.78 is 0. The summed E-state index contributed by atoms with van der Waals surface area (Å²) >= 11 is 0. The van der Waals surface area contributed by atoms with E-state index in [0.29, 0.717) is 6.42 Å². The van der Waals surface area contributed by atoms with Crippen molar-refractivity contribution in [2.45, 2.75) is 38.6 Å². The van der Waals surface area contributed by atoms with E-state index in [1.807, 2.05) is 13.0 Å². The molecule has 1 aromatic rings. The van der Waals surface area contributed by atoms with Crippen LogP contribution in [0, 0.1) is 12.5 Å². The number of benzene rings is 1. The number of nitrogens with zero attached hydrogens (tertiary/aromatic N) is 2. The molecule has 1 amide bonds. The van der Waals surface area contributed by atoms with Crippen LogP contribution in [-0.4, -0.2) is 41.4 Å². The lowest BCUT2D eigenvalue weighted by molar-refractivity contribution is -0.130. The molecule has 0 radical (unpaired) electrons. The molecular weight excluding hydrogens is 260 g/mol. The van der Waals surface area contributed by atoms with Crippen molar-refractivity contribution in [1.29, 1.82) is 0 Å². The number of terminal acetylenes is 1. The second-order valence-corrected chi connectivity index (χ2v) is 5.55. The van der Waals surface area contributed by atoms with Crippen LogP contribution >= 0.6 is 0 Å². The van der Waals surface area contributed by atoms with Gasteiger partial charge in [0, 0.05) is 38.1 Å². The van der Waals surface area contributed by atoms with Gasteiger partial charge in [0.15, 0.2) is 0 Å². The van der Waals surface area contributed by atoms with Gasteiger partial charge in [-0.15, -0.1) is 0 Å². The summed E-state index contributed by atoms with van der Waals surface area (Å²) in [4.78, 5) is 15.9. The van der Waals surface area contributed by atoms with E-state index in [-0.39, 0.29) is 11.9 Å². The number of carbonyl (C=O) groups is 1. The van der Waals surface area contributed by atoms with Gasteiger partial charge in [0.05, 0.1) is 0 Å². The Morgan fingerprint density at radius 2 is 2.00 bits per heavy atom. The minimum Gasteiger partial charge on any atom is -0.303 e. The first kappa shape index (κ1) is 15.6. The van der Waals surface area contributed by atoms with Gasteiger partial charge in [0.25, 0.3) is 0 Å². The SMILES string of the molecule is C#CN(C(=O)CC)C1CCN(CCc2ccccc2)CC1. The molecule has 0 bridgehead atoms. The van der Waals surface area contributed by atoms with Gasteiger partial charge in [-0.3, -0.25) is 9.69 Å². The molecule has 0 aliphatic carbocycles. The smallest absolute Gasteiger partial charge is 0.234 e. The predicted octanol–water partition coefficient (Wildman–Crippen LogP) is 2.52. The van der Waals surface area contributed by atoms with Crippen LogP contribution in [0.5, 0.6) is 0 Å². The Bertz CT molecular complexity index is 484. The minimum atomic E-state index is 0.0697. The largest absolute Gasteiger partial charge is 0.303 e. The quantitative estimate of drug-likeness (QED) is 0.613.